The molecule has 7 nitrogen and oxygen atoms in total. The maximum atomic E-state index is 12.5. The first-order valence-corrected chi connectivity index (χ1v) is 11.3. The Balaban J connectivity index is 1.29. The van der Waals surface area contributed by atoms with Crippen LogP contribution in [0.25, 0.3) is 22.3 Å². The molecule has 1 N–H and O–H groups in total. The molecule has 7 heteroatoms. The highest BCUT2D eigenvalue weighted by atomic mass is 16.5. The van der Waals surface area contributed by atoms with E-state index in [1.807, 2.05) is 42.5 Å². The van der Waals surface area contributed by atoms with Crippen LogP contribution in [0.5, 0.6) is 11.5 Å². The molecule has 0 aliphatic carbocycles. The van der Waals surface area contributed by atoms with Crippen LogP contribution in [0.1, 0.15) is 12.0 Å². The molecule has 0 radical (unpaired) electrons. The summed E-state index contributed by atoms with van der Waals surface area (Å²) in [6.07, 6.45) is 0.0732. The molecule has 1 aromatic heterocycles. The third-order valence-electron chi connectivity index (χ3n) is 5.49. The molecule has 0 bridgehead atoms. The molecular weight excluding hydrogens is 448 g/mol. The van der Waals surface area contributed by atoms with Crippen LogP contribution in [-0.2, 0) is 16.0 Å². The Kier molecular flexibility index (Phi) is 7.80. The third-order valence-corrected chi connectivity index (χ3v) is 5.49. The van der Waals surface area contributed by atoms with Gasteiger partial charge >= 0.3 is 5.97 Å². The van der Waals surface area contributed by atoms with E-state index >= 15 is 0 Å². The van der Waals surface area contributed by atoms with Crippen LogP contribution in [0.3, 0.4) is 0 Å². The van der Waals surface area contributed by atoms with E-state index in [9.17, 15) is 9.59 Å². The minimum Gasteiger partial charge on any atom is -0.493 e. The van der Waals surface area contributed by atoms with Gasteiger partial charge in [0.2, 0.25) is 0 Å². The van der Waals surface area contributed by atoms with Gasteiger partial charge in [0.1, 0.15) is 22.8 Å². The number of methoxy groups -OCH3 is 1. The van der Waals surface area contributed by atoms with Crippen LogP contribution in [0.15, 0.2) is 88.1 Å². The molecule has 35 heavy (non-hydrogen) atoms. The maximum absolute atomic E-state index is 12.5. The monoisotopic (exact) mass is 474 g/mol. The van der Waals surface area contributed by atoms with Gasteiger partial charge in [-0.05, 0) is 29.8 Å². The molecule has 0 saturated carbocycles. The van der Waals surface area contributed by atoms with Gasteiger partial charge in [-0.15, -0.1) is 0 Å². The molecule has 1 atom stereocenters. The van der Waals surface area contributed by atoms with E-state index < -0.39 is 12.1 Å². The molecule has 0 amide bonds. The number of fused-ring (bicyclic) bond motifs is 1. The van der Waals surface area contributed by atoms with Crippen LogP contribution >= 0.6 is 0 Å². The smallest absolute Gasteiger partial charge is 0.333 e. The largest absolute Gasteiger partial charge is 0.493 e. The summed E-state index contributed by atoms with van der Waals surface area (Å²) in [7, 11) is 1.38. The molecule has 0 unspecified atom stereocenters. The van der Waals surface area contributed by atoms with Gasteiger partial charge in [-0.2, -0.15) is 0 Å². The van der Waals surface area contributed by atoms with Crippen LogP contribution in [0.2, 0.25) is 0 Å². The van der Waals surface area contributed by atoms with E-state index in [0.29, 0.717) is 54.3 Å². The predicted octanol–water partition coefficient (Wildman–Crippen LogP) is 4.95. The highest BCUT2D eigenvalue weighted by Crippen LogP contribution is 2.25. The van der Waals surface area contributed by atoms with Gasteiger partial charge in [0, 0.05) is 37.6 Å². The molecule has 3 aromatic carbocycles. The average molecular weight is 475 g/mol. The molecule has 0 saturated heterocycles. The first-order chi connectivity index (χ1) is 17.0. The van der Waals surface area contributed by atoms with Crippen molar-refractivity contribution in [2.45, 2.75) is 18.9 Å². The molecule has 0 fully saturated rings. The normalized spacial score (nSPS) is 11.8. The minimum absolute atomic E-state index is 0.100. The van der Waals surface area contributed by atoms with Gasteiger partial charge in [-0.3, -0.25) is 4.79 Å². The zero-order chi connectivity index (χ0) is 24.6. The molecular formula is C28H26O7. The van der Waals surface area contributed by atoms with Crippen LogP contribution in [-0.4, -0.2) is 37.5 Å². The van der Waals surface area contributed by atoms with Crippen molar-refractivity contribution in [3.05, 3.63) is 94.6 Å². The fourth-order valence-electron chi connectivity index (χ4n) is 3.62. The van der Waals surface area contributed by atoms with E-state index in [2.05, 4.69) is 0 Å². The number of carboxylic acids is 1. The Hall–Kier alpha value is -4.10. The van der Waals surface area contributed by atoms with Gasteiger partial charge in [0.15, 0.2) is 11.5 Å². The second-order valence-electron chi connectivity index (χ2n) is 7.96. The number of hydrogen-bond acceptors (Lipinski definition) is 6. The lowest BCUT2D eigenvalue weighted by molar-refractivity contribution is -0.148. The Morgan fingerprint density at radius 1 is 0.914 bits per heavy atom. The van der Waals surface area contributed by atoms with Crippen molar-refractivity contribution in [1.82, 2.24) is 0 Å². The quantitative estimate of drug-likeness (QED) is 0.307. The van der Waals surface area contributed by atoms with Crippen molar-refractivity contribution in [2.75, 3.05) is 20.3 Å². The van der Waals surface area contributed by atoms with E-state index in [1.54, 1.807) is 30.3 Å². The number of carbonyl (C=O) groups is 1. The van der Waals surface area contributed by atoms with E-state index in [-0.39, 0.29) is 5.43 Å². The second kappa shape index (κ2) is 11.4. The van der Waals surface area contributed by atoms with Crippen LogP contribution in [0.4, 0.5) is 0 Å². The Labute approximate surface area is 202 Å². The summed E-state index contributed by atoms with van der Waals surface area (Å²) in [5.41, 5.74) is 2.07. The first-order valence-electron chi connectivity index (χ1n) is 11.3. The van der Waals surface area contributed by atoms with Gasteiger partial charge in [-0.25, -0.2) is 4.79 Å². The SMILES string of the molecule is CO[C@@H](Cc1ccc(OCCCOc2ccc3c(=O)cc(-c4ccccc4)oc3c2)cc1)C(=O)O. The molecule has 0 aliphatic heterocycles. The fraction of sp³-hybridized carbons (Fsp3) is 0.214. The highest BCUT2D eigenvalue weighted by Gasteiger charge is 2.16. The van der Waals surface area contributed by atoms with Gasteiger partial charge < -0.3 is 23.7 Å². The molecule has 4 rings (SSSR count). The van der Waals surface area contributed by atoms with Gasteiger partial charge in [-0.1, -0.05) is 42.5 Å². The van der Waals surface area contributed by atoms with Crippen LogP contribution < -0.4 is 14.9 Å². The summed E-state index contributed by atoms with van der Waals surface area (Å²) >= 11 is 0. The summed E-state index contributed by atoms with van der Waals surface area (Å²) in [6.45, 7) is 0.885. The summed E-state index contributed by atoms with van der Waals surface area (Å²) in [4.78, 5) is 23.6. The predicted molar refractivity (Wildman–Crippen MR) is 132 cm³/mol. The summed E-state index contributed by atoms with van der Waals surface area (Å²) in [5, 5.41) is 9.58. The third kappa shape index (κ3) is 6.28. The molecule has 4 aromatic rings. The first kappa shape index (κ1) is 24.0. The Morgan fingerprint density at radius 2 is 1.60 bits per heavy atom. The van der Waals surface area contributed by atoms with Crippen molar-refractivity contribution in [2.24, 2.45) is 0 Å². The lowest BCUT2D eigenvalue weighted by Gasteiger charge is -2.11. The molecule has 0 aliphatic rings. The zero-order valence-corrected chi connectivity index (χ0v) is 19.3. The minimum atomic E-state index is -0.988. The van der Waals surface area contributed by atoms with E-state index in [4.69, 9.17) is 23.7 Å². The lowest BCUT2D eigenvalue weighted by atomic mass is 10.1. The number of carboxylic acid groups (broad SMARTS) is 1. The summed E-state index contributed by atoms with van der Waals surface area (Å²) in [6, 6.07) is 23.4. The van der Waals surface area contributed by atoms with Gasteiger partial charge in [0.05, 0.1) is 18.6 Å². The number of ether oxygens (including phenoxy) is 3. The number of hydrogen-bond donors (Lipinski definition) is 1. The number of benzene rings is 3. The standard InChI is InChI=1S/C28H26O7/c1-32-27(28(30)31)16-19-8-10-21(11-9-19)33-14-5-15-34-22-12-13-23-24(29)18-25(35-26(23)17-22)20-6-3-2-4-7-20/h2-4,6-13,17-18,27H,5,14-16H2,1H3,(H,30,31)/t27-/m0/s1. The van der Waals surface area contributed by atoms with Crippen molar-refractivity contribution in [1.29, 1.82) is 0 Å². The average Bonchev–Trinajstić information content (AvgIpc) is 2.88. The second-order valence-corrected chi connectivity index (χ2v) is 7.96. The lowest BCUT2D eigenvalue weighted by Crippen LogP contribution is -2.24. The highest BCUT2D eigenvalue weighted by molar-refractivity contribution is 5.80. The van der Waals surface area contributed by atoms with Crippen LogP contribution in [0, 0.1) is 0 Å². The fourth-order valence-corrected chi connectivity index (χ4v) is 3.62. The van der Waals surface area contributed by atoms with Gasteiger partial charge in [0.25, 0.3) is 0 Å². The van der Waals surface area contributed by atoms with Crippen molar-refractivity contribution in [3.63, 3.8) is 0 Å². The Morgan fingerprint density at radius 3 is 2.29 bits per heavy atom. The van der Waals surface area contributed by atoms with E-state index in [1.165, 1.54) is 13.2 Å². The number of aliphatic carboxylic acids is 1. The maximum Gasteiger partial charge on any atom is 0.333 e. The van der Waals surface area contributed by atoms with Crippen molar-refractivity contribution >= 4 is 16.9 Å². The van der Waals surface area contributed by atoms with Crippen molar-refractivity contribution < 1.29 is 28.5 Å². The molecule has 180 valence electrons. The molecule has 1 heterocycles. The summed E-state index contributed by atoms with van der Waals surface area (Å²) in [5.74, 6) is 0.832. The van der Waals surface area contributed by atoms with E-state index in [0.717, 1.165) is 11.1 Å². The van der Waals surface area contributed by atoms with Crippen molar-refractivity contribution in [3.8, 4) is 22.8 Å². The molecule has 0 spiro atoms. The Bertz CT molecular complexity index is 1330. The topological polar surface area (TPSA) is 95.2 Å². The zero-order valence-electron chi connectivity index (χ0n) is 19.3. The summed E-state index contributed by atoms with van der Waals surface area (Å²) < 4.78 is 22.5. The number of rotatable bonds is 11.